The highest BCUT2D eigenvalue weighted by Crippen LogP contribution is 2.25. The number of nitriles is 1. The Bertz CT molecular complexity index is 795. The zero-order valence-electron chi connectivity index (χ0n) is 11.2. The maximum absolute atomic E-state index is 12.1. The Morgan fingerprint density at radius 3 is 2.55 bits per heavy atom. The number of nitrogens with zero attached hydrogens (tertiary/aromatic N) is 1. The van der Waals surface area contributed by atoms with Crippen molar-refractivity contribution in [1.29, 1.82) is 5.26 Å². The fraction of sp³-hybridized carbons (Fsp3) is 0. The van der Waals surface area contributed by atoms with Crippen molar-refractivity contribution in [3.05, 3.63) is 63.6 Å². The molecule has 0 fully saturated rings. The number of phenolic OH excluding ortho intramolecular Hbond substituents is 1. The van der Waals surface area contributed by atoms with Crippen LogP contribution in [-0.2, 0) is 4.79 Å². The molecule has 0 saturated carbocycles. The van der Waals surface area contributed by atoms with Crippen molar-refractivity contribution >= 4 is 40.9 Å². The lowest BCUT2D eigenvalue weighted by atomic mass is 10.1. The van der Waals surface area contributed by atoms with Gasteiger partial charge >= 0.3 is 0 Å². The van der Waals surface area contributed by atoms with E-state index in [1.807, 2.05) is 6.07 Å². The van der Waals surface area contributed by atoms with Crippen LogP contribution in [0.5, 0.6) is 5.75 Å². The Morgan fingerprint density at radius 2 is 1.91 bits per heavy atom. The van der Waals surface area contributed by atoms with Gasteiger partial charge in [-0.1, -0.05) is 41.4 Å². The molecule has 0 bridgehead atoms. The molecule has 0 saturated heterocycles. The molecule has 4 nitrogen and oxygen atoms in total. The zero-order valence-corrected chi connectivity index (χ0v) is 12.7. The van der Waals surface area contributed by atoms with Gasteiger partial charge in [0.25, 0.3) is 5.91 Å². The fourth-order valence-electron chi connectivity index (χ4n) is 1.68. The van der Waals surface area contributed by atoms with Crippen molar-refractivity contribution in [1.82, 2.24) is 0 Å². The molecule has 2 aromatic carbocycles. The average molecular weight is 333 g/mol. The first-order valence-corrected chi connectivity index (χ1v) is 6.93. The van der Waals surface area contributed by atoms with E-state index in [9.17, 15) is 9.90 Å². The Labute approximate surface area is 137 Å². The van der Waals surface area contributed by atoms with Crippen molar-refractivity contribution in [2.24, 2.45) is 0 Å². The number of nitrogens with one attached hydrogen (secondary N) is 1. The molecule has 0 aliphatic carbocycles. The number of phenols is 1. The predicted molar refractivity (Wildman–Crippen MR) is 86.8 cm³/mol. The monoisotopic (exact) mass is 332 g/mol. The summed E-state index contributed by atoms with van der Waals surface area (Å²) < 4.78 is 0. The molecular formula is C16H10Cl2N2O2. The molecule has 0 spiro atoms. The number of carbonyl (C=O) groups is 1. The first-order valence-electron chi connectivity index (χ1n) is 6.17. The van der Waals surface area contributed by atoms with Crippen LogP contribution in [0.1, 0.15) is 5.56 Å². The molecule has 2 rings (SSSR count). The quantitative estimate of drug-likeness (QED) is 0.652. The molecule has 0 aliphatic rings. The molecular weight excluding hydrogens is 323 g/mol. The molecule has 6 heteroatoms. The second kappa shape index (κ2) is 6.99. The smallest absolute Gasteiger partial charge is 0.266 e. The Morgan fingerprint density at radius 1 is 1.18 bits per heavy atom. The highest BCUT2D eigenvalue weighted by molar-refractivity contribution is 6.34. The summed E-state index contributed by atoms with van der Waals surface area (Å²) in [6.45, 7) is 0. The zero-order chi connectivity index (χ0) is 16.1. The van der Waals surface area contributed by atoms with Crippen LogP contribution in [0.4, 0.5) is 5.69 Å². The summed E-state index contributed by atoms with van der Waals surface area (Å²) in [6, 6.07) is 12.9. The molecule has 22 heavy (non-hydrogen) atoms. The van der Waals surface area contributed by atoms with Crippen LogP contribution in [0, 0.1) is 11.3 Å². The van der Waals surface area contributed by atoms with Gasteiger partial charge < -0.3 is 10.4 Å². The van der Waals surface area contributed by atoms with E-state index in [4.69, 9.17) is 28.5 Å². The van der Waals surface area contributed by atoms with Gasteiger partial charge in [0, 0.05) is 0 Å². The number of hydrogen-bond donors (Lipinski definition) is 2. The lowest BCUT2D eigenvalue weighted by Crippen LogP contribution is -2.13. The lowest BCUT2D eigenvalue weighted by Gasteiger charge is -2.06. The molecule has 1 amide bonds. The van der Waals surface area contributed by atoms with Gasteiger partial charge in [0.05, 0.1) is 15.7 Å². The van der Waals surface area contributed by atoms with Crippen molar-refractivity contribution in [3.63, 3.8) is 0 Å². The SMILES string of the molecule is N#CC(=Cc1ccc(O)c(Cl)c1)C(=O)Nc1ccccc1Cl. The van der Waals surface area contributed by atoms with Crippen LogP contribution >= 0.6 is 23.2 Å². The minimum atomic E-state index is -0.584. The molecule has 0 heterocycles. The second-order valence-electron chi connectivity index (χ2n) is 4.31. The third-order valence-corrected chi connectivity index (χ3v) is 3.40. The lowest BCUT2D eigenvalue weighted by molar-refractivity contribution is -0.112. The van der Waals surface area contributed by atoms with Crippen molar-refractivity contribution in [2.45, 2.75) is 0 Å². The number of halogens is 2. The average Bonchev–Trinajstić information content (AvgIpc) is 2.50. The Hall–Kier alpha value is -2.48. The molecule has 110 valence electrons. The van der Waals surface area contributed by atoms with E-state index in [1.165, 1.54) is 18.2 Å². The van der Waals surface area contributed by atoms with Crippen molar-refractivity contribution < 1.29 is 9.90 Å². The van der Waals surface area contributed by atoms with Crippen LogP contribution < -0.4 is 5.32 Å². The molecule has 2 N–H and O–H groups in total. The summed E-state index contributed by atoms with van der Waals surface area (Å²) in [6.07, 6.45) is 1.37. The summed E-state index contributed by atoms with van der Waals surface area (Å²) in [5, 5.41) is 21.6. The van der Waals surface area contributed by atoms with Gasteiger partial charge in [-0.25, -0.2) is 0 Å². The minimum Gasteiger partial charge on any atom is -0.506 e. The highest BCUT2D eigenvalue weighted by atomic mass is 35.5. The maximum atomic E-state index is 12.1. The normalized spacial score (nSPS) is 10.9. The molecule has 0 atom stereocenters. The van der Waals surface area contributed by atoms with E-state index in [-0.39, 0.29) is 16.3 Å². The summed E-state index contributed by atoms with van der Waals surface area (Å²) in [5.74, 6) is -0.655. The molecule has 0 unspecified atom stereocenters. The molecule has 2 aromatic rings. The Kier molecular flexibility index (Phi) is 5.05. The van der Waals surface area contributed by atoms with E-state index >= 15 is 0 Å². The summed E-state index contributed by atoms with van der Waals surface area (Å²) in [4.78, 5) is 12.1. The van der Waals surface area contributed by atoms with E-state index in [1.54, 1.807) is 30.3 Å². The number of aromatic hydroxyl groups is 1. The fourth-order valence-corrected chi connectivity index (χ4v) is 2.05. The van der Waals surface area contributed by atoms with Crippen molar-refractivity contribution in [2.75, 3.05) is 5.32 Å². The largest absolute Gasteiger partial charge is 0.506 e. The van der Waals surface area contributed by atoms with Gasteiger partial charge in [-0.15, -0.1) is 0 Å². The summed E-state index contributed by atoms with van der Waals surface area (Å²) in [7, 11) is 0. The van der Waals surface area contributed by atoms with E-state index < -0.39 is 5.91 Å². The Balaban J connectivity index is 2.26. The van der Waals surface area contributed by atoms with Gasteiger partial charge in [0.1, 0.15) is 17.4 Å². The van der Waals surface area contributed by atoms with Gasteiger partial charge in [0.2, 0.25) is 0 Å². The number of benzene rings is 2. The first-order chi connectivity index (χ1) is 10.5. The van der Waals surface area contributed by atoms with E-state index in [0.29, 0.717) is 16.3 Å². The van der Waals surface area contributed by atoms with Crippen LogP contribution in [0.2, 0.25) is 10.0 Å². The van der Waals surface area contributed by atoms with Gasteiger partial charge in [0.15, 0.2) is 0 Å². The third kappa shape index (κ3) is 3.79. The van der Waals surface area contributed by atoms with Crippen LogP contribution in [-0.4, -0.2) is 11.0 Å². The third-order valence-electron chi connectivity index (χ3n) is 2.77. The second-order valence-corrected chi connectivity index (χ2v) is 5.13. The summed E-state index contributed by atoms with van der Waals surface area (Å²) >= 11 is 11.7. The van der Waals surface area contributed by atoms with Gasteiger partial charge in [-0.05, 0) is 35.9 Å². The van der Waals surface area contributed by atoms with E-state index in [0.717, 1.165) is 0 Å². The minimum absolute atomic E-state index is 0.0714. The topological polar surface area (TPSA) is 73.1 Å². The van der Waals surface area contributed by atoms with Crippen LogP contribution in [0.15, 0.2) is 48.0 Å². The predicted octanol–water partition coefficient (Wildman–Crippen LogP) is 4.24. The number of amides is 1. The highest BCUT2D eigenvalue weighted by Gasteiger charge is 2.11. The van der Waals surface area contributed by atoms with Crippen molar-refractivity contribution in [3.8, 4) is 11.8 Å². The maximum Gasteiger partial charge on any atom is 0.266 e. The molecule has 0 radical (unpaired) electrons. The molecule has 0 aromatic heterocycles. The van der Waals surface area contributed by atoms with Crippen LogP contribution in [0.3, 0.4) is 0 Å². The molecule has 0 aliphatic heterocycles. The number of para-hydroxylation sites is 1. The number of anilines is 1. The van der Waals surface area contributed by atoms with E-state index in [2.05, 4.69) is 5.32 Å². The summed E-state index contributed by atoms with van der Waals surface area (Å²) in [5.41, 5.74) is 0.828. The standard InChI is InChI=1S/C16H10Cl2N2O2/c17-12-3-1-2-4-14(12)20-16(22)11(9-19)7-10-5-6-15(21)13(18)8-10/h1-8,21H,(H,20,22). The number of hydrogen-bond acceptors (Lipinski definition) is 3. The van der Waals surface area contributed by atoms with Crippen LogP contribution in [0.25, 0.3) is 6.08 Å². The van der Waals surface area contributed by atoms with Gasteiger partial charge in [-0.2, -0.15) is 5.26 Å². The number of rotatable bonds is 3. The number of carbonyl (C=O) groups excluding carboxylic acids is 1. The first kappa shape index (κ1) is 15.9. The van der Waals surface area contributed by atoms with Gasteiger partial charge in [-0.3, -0.25) is 4.79 Å².